The third-order valence-electron chi connectivity index (χ3n) is 1.77. The van der Waals surface area contributed by atoms with E-state index in [0.717, 1.165) is 0 Å². The minimum absolute atomic E-state index is 0.219. The zero-order valence-electron chi connectivity index (χ0n) is 7.44. The number of nitrogens with zero attached hydrogens (tertiary/aromatic N) is 2. The average Bonchev–Trinajstić information content (AvgIpc) is 2.66. The van der Waals surface area contributed by atoms with Gasteiger partial charge in [-0.05, 0) is 18.2 Å². The quantitative estimate of drug-likeness (QED) is 0.883. The smallest absolute Gasteiger partial charge is 0.259 e. The molecule has 0 unspecified atom stereocenters. The number of aromatic nitrogens is 2. The van der Waals surface area contributed by atoms with Crippen molar-refractivity contribution in [2.75, 3.05) is 0 Å². The van der Waals surface area contributed by atoms with Gasteiger partial charge in [-0.15, -0.1) is 0 Å². The highest BCUT2D eigenvalue weighted by Crippen LogP contribution is 2.28. The number of hydrogen-bond acceptors (Lipinski definition) is 4. The van der Waals surface area contributed by atoms with E-state index in [-0.39, 0.29) is 18.3 Å². The molecule has 1 heterocycles. The molecule has 15 heavy (non-hydrogen) atoms. The van der Waals surface area contributed by atoms with Crippen LogP contribution < -0.4 is 0 Å². The highest BCUT2D eigenvalue weighted by Gasteiger charge is 2.11. The molecule has 4 nitrogen and oxygen atoms in total. The maximum atomic E-state index is 8.77. The Kier molecular flexibility index (Phi) is 2.90. The van der Waals surface area contributed by atoms with Crippen molar-refractivity contribution in [1.82, 2.24) is 10.1 Å². The van der Waals surface area contributed by atoms with Gasteiger partial charge in [0.25, 0.3) is 5.89 Å². The van der Waals surface area contributed by atoms with Crippen LogP contribution in [0.2, 0.25) is 10.0 Å². The Morgan fingerprint density at radius 2 is 2.13 bits per heavy atom. The van der Waals surface area contributed by atoms with E-state index in [2.05, 4.69) is 10.1 Å². The predicted octanol–water partition coefficient (Wildman–Crippen LogP) is 2.54. The van der Waals surface area contributed by atoms with Crippen molar-refractivity contribution in [1.29, 1.82) is 0 Å². The Hall–Kier alpha value is -1.10. The summed E-state index contributed by atoms with van der Waals surface area (Å²) in [5.74, 6) is 0.483. The molecule has 0 aliphatic rings. The number of aliphatic hydroxyl groups is 1. The molecule has 0 aliphatic carbocycles. The van der Waals surface area contributed by atoms with Crippen LogP contribution >= 0.6 is 23.2 Å². The summed E-state index contributed by atoms with van der Waals surface area (Å²) in [5.41, 5.74) is 0.591. The van der Waals surface area contributed by atoms with E-state index in [4.69, 9.17) is 32.8 Å². The molecule has 2 aromatic rings. The molecule has 6 heteroatoms. The number of halogens is 2. The van der Waals surface area contributed by atoms with Gasteiger partial charge in [0.15, 0.2) is 5.82 Å². The fourth-order valence-electron chi connectivity index (χ4n) is 1.09. The molecule has 78 valence electrons. The highest BCUT2D eigenvalue weighted by atomic mass is 35.5. The Labute approximate surface area is 95.4 Å². The molecule has 0 spiro atoms. The molecule has 1 aromatic carbocycles. The zero-order valence-corrected chi connectivity index (χ0v) is 8.96. The SMILES string of the molecule is OCc1noc(-c2ccc(Cl)cc2Cl)n1. The molecule has 0 saturated heterocycles. The van der Waals surface area contributed by atoms with Gasteiger partial charge in [-0.3, -0.25) is 0 Å². The molecular weight excluding hydrogens is 239 g/mol. The van der Waals surface area contributed by atoms with Crippen LogP contribution in [-0.2, 0) is 6.61 Å². The summed E-state index contributed by atoms with van der Waals surface area (Å²) in [7, 11) is 0. The average molecular weight is 245 g/mol. The van der Waals surface area contributed by atoms with Gasteiger partial charge < -0.3 is 9.63 Å². The molecule has 0 radical (unpaired) electrons. The molecule has 0 aliphatic heterocycles. The van der Waals surface area contributed by atoms with Crippen molar-refractivity contribution in [3.63, 3.8) is 0 Å². The van der Waals surface area contributed by atoms with Crippen LogP contribution in [0, 0.1) is 0 Å². The third kappa shape index (κ3) is 2.12. The number of benzene rings is 1. The van der Waals surface area contributed by atoms with Crippen LogP contribution in [0.15, 0.2) is 22.7 Å². The van der Waals surface area contributed by atoms with Gasteiger partial charge in [0.05, 0.1) is 10.6 Å². The van der Waals surface area contributed by atoms with Crippen molar-refractivity contribution in [2.45, 2.75) is 6.61 Å². The second-order valence-corrected chi connectivity index (χ2v) is 3.64. The van der Waals surface area contributed by atoms with Crippen LogP contribution in [-0.4, -0.2) is 15.2 Å². The molecule has 0 bridgehead atoms. The summed E-state index contributed by atoms with van der Waals surface area (Å²) in [6.45, 7) is -0.269. The molecule has 0 saturated carbocycles. The number of hydrogen-bond donors (Lipinski definition) is 1. The van der Waals surface area contributed by atoms with Gasteiger partial charge in [-0.25, -0.2) is 0 Å². The lowest BCUT2D eigenvalue weighted by atomic mass is 10.2. The van der Waals surface area contributed by atoms with Crippen LogP contribution in [0.1, 0.15) is 5.82 Å². The first kappa shape index (κ1) is 10.4. The first-order chi connectivity index (χ1) is 7.20. The van der Waals surface area contributed by atoms with Crippen LogP contribution in [0.25, 0.3) is 11.5 Å². The molecule has 0 fully saturated rings. The monoisotopic (exact) mass is 244 g/mol. The standard InChI is InChI=1S/C9H6Cl2N2O2/c10-5-1-2-6(7(11)3-5)9-12-8(4-14)13-15-9/h1-3,14H,4H2. The molecule has 0 amide bonds. The molecular formula is C9H6Cl2N2O2. The second kappa shape index (κ2) is 4.18. The molecule has 0 atom stereocenters. The van der Waals surface area contributed by atoms with Crippen molar-refractivity contribution < 1.29 is 9.63 Å². The molecule has 2 rings (SSSR count). The number of rotatable bonds is 2. The van der Waals surface area contributed by atoms with Gasteiger partial charge in [0, 0.05) is 5.02 Å². The normalized spacial score (nSPS) is 10.6. The van der Waals surface area contributed by atoms with E-state index in [9.17, 15) is 0 Å². The van der Waals surface area contributed by atoms with E-state index in [1.54, 1.807) is 18.2 Å². The summed E-state index contributed by atoms with van der Waals surface area (Å²) in [6.07, 6.45) is 0. The Morgan fingerprint density at radius 1 is 1.33 bits per heavy atom. The van der Waals surface area contributed by atoms with Crippen molar-refractivity contribution >= 4 is 23.2 Å². The van der Waals surface area contributed by atoms with Gasteiger partial charge >= 0.3 is 0 Å². The maximum Gasteiger partial charge on any atom is 0.259 e. The first-order valence-electron chi connectivity index (χ1n) is 4.09. The maximum absolute atomic E-state index is 8.77. The summed E-state index contributed by atoms with van der Waals surface area (Å²) in [6, 6.07) is 4.94. The largest absolute Gasteiger partial charge is 0.388 e. The fourth-order valence-corrected chi connectivity index (χ4v) is 1.58. The predicted molar refractivity (Wildman–Crippen MR) is 55.7 cm³/mol. The first-order valence-corrected chi connectivity index (χ1v) is 4.85. The van der Waals surface area contributed by atoms with Gasteiger partial charge in [-0.2, -0.15) is 4.98 Å². The Balaban J connectivity index is 2.44. The molecule has 1 N–H and O–H groups in total. The van der Waals surface area contributed by atoms with Crippen molar-refractivity contribution in [2.24, 2.45) is 0 Å². The third-order valence-corrected chi connectivity index (χ3v) is 2.32. The van der Waals surface area contributed by atoms with Crippen molar-refractivity contribution in [3.05, 3.63) is 34.1 Å². The van der Waals surface area contributed by atoms with Gasteiger partial charge in [0.2, 0.25) is 0 Å². The van der Waals surface area contributed by atoms with Crippen LogP contribution in [0.4, 0.5) is 0 Å². The van der Waals surface area contributed by atoms with E-state index in [1.807, 2.05) is 0 Å². The van der Waals surface area contributed by atoms with Crippen LogP contribution in [0.5, 0.6) is 0 Å². The zero-order chi connectivity index (χ0) is 10.8. The lowest BCUT2D eigenvalue weighted by Crippen LogP contribution is -1.85. The topological polar surface area (TPSA) is 59.2 Å². The summed E-state index contributed by atoms with van der Waals surface area (Å²) in [4.78, 5) is 3.93. The summed E-state index contributed by atoms with van der Waals surface area (Å²) < 4.78 is 4.91. The molecule has 1 aromatic heterocycles. The summed E-state index contributed by atoms with van der Waals surface area (Å²) >= 11 is 11.7. The van der Waals surface area contributed by atoms with Gasteiger partial charge in [0.1, 0.15) is 6.61 Å². The Bertz CT molecular complexity index is 485. The second-order valence-electron chi connectivity index (χ2n) is 2.80. The van der Waals surface area contributed by atoms with Crippen LogP contribution in [0.3, 0.4) is 0 Å². The van der Waals surface area contributed by atoms with Gasteiger partial charge in [-0.1, -0.05) is 28.4 Å². The lowest BCUT2D eigenvalue weighted by Gasteiger charge is -1.97. The van der Waals surface area contributed by atoms with E-state index < -0.39 is 0 Å². The van der Waals surface area contributed by atoms with E-state index in [0.29, 0.717) is 15.6 Å². The van der Waals surface area contributed by atoms with E-state index in [1.165, 1.54) is 0 Å². The van der Waals surface area contributed by atoms with Crippen molar-refractivity contribution in [3.8, 4) is 11.5 Å². The lowest BCUT2D eigenvalue weighted by molar-refractivity contribution is 0.264. The summed E-state index contributed by atoms with van der Waals surface area (Å²) in [5, 5.41) is 13.3. The Morgan fingerprint density at radius 3 is 2.73 bits per heavy atom. The van der Waals surface area contributed by atoms with E-state index >= 15 is 0 Å². The minimum Gasteiger partial charge on any atom is -0.388 e. The number of aliphatic hydroxyl groups excluding tert-OH is 1. The fraction of sp³-hybridized carbons (Fsp3) is 0.111. The minimum atomic E-state index is -0.269. The highest BCUT2D eigenvalue weighted by molar-refractivity contribution is 6.36.